The number of benzene rings is 1. The van der Waals surface area contributed by atoms with E-state index in [1.165, 1.54) is 0 Å². The lowest BCUT2D eigenvalue weighted by Gasteiger charge is -2.21. The first kappa shape index (κ1) is 23.4. The van der Waals surface area contributed by atoms with E-state index in [1.54, 1.807) is 0 Å². The molecule has 1 amide bonds. The van der Waals surface area contributed by atoms with Gasteiger partial charge >= 0.3 is 0 Å². The highest BCUT2D eigenvalue weighted by Gasteiger charge is 2.19. The molecule has 0 saturated heterocycles. The van der Waals surface area contributed by atoms with Gasteiger partial charge in [-0.2, -0.15) is 13.5 Å². The third-order valence-electron chi connectivity index (χ3n) is 3.30. The van der Waals surface area contributed by atoms with Crippen LogP contribution in [-0.4, -0.2) is 24.6 Å². The normalized spacial score (nSPS) is 12.7. The average Bonchev–Trinajstić information content (AvgIpc) is 2.36. The lowest BCUT2D eigenvalue weighted by Crippen LogP contribution is -2.48. The number of halogens is 1. The van der Waals surface area contributed by atoms with Crippen molar-refractivity contribution in [2.24, 2.45) is 11.7 Å². The summed E-state index contributed by atoms with van der Waals surface area (Å²) in [7, 11) is 0. The Balaban J connectivity index is 0. The number of ether oxygens (including phenoxy) is 1. The SMILES string of the molecule is Cc1cccc(C)c1OCC(C)NC(=O)[C@@H](N)C(C)C.Cl.S. The van der Waals surface area contributed by atoms with E-state index in [1.807, 2.05) is 52.8 Å². The van der Waals surface area contributed by atoms with Gasteiger partial charge in [0.25, 0.3) is 0 Å². The number of hydrogen-bond acceptors (Lipinski definition) is 3. The number of carbonyl (C=O) groups is 1. The largest absolute Gasteiger partial charge is 0.491 e. The molecule has 0 fully saturated rings. The molecule has 3 N–H and O–H groups in total. The number of hydrogen-bond donors (Lipinski definition) is 2. The molecular formula is C16H29ClN2O2S. The Morgan fingerprint density at radius 3 is 2.18 bits per heavy atom. The van der Waals surface area contributed by atoms with Gasteiger partial charge in [-0.1, -0.05) is 32.0 Å². The van der Waals surface area contributed by atoms with Gasteiger partial charge in [-0.15, -0.1) is 12.4 Å². The van der Waals surface area contributed by atoms with E-state index in [9.17, 15) is 4.79 Å². The Hall–Kier alpha value is -0.910. The first-order valence-corrected chi connectivity index (χ1v) is 7.08. The number of nitrogens with two attached hydrogens (primary N) is 1. The number of carbonyl (C=O) groups excluding carboxylic acids is 1. The number of rotatable bonds is 6. The predicted molar refractivity (Wildman–Crippen MR) is 99.5 cm³/mol. The van der Waals surface area contributed by atoms with Crippen molar-refractivity contribution < 1.29 is 9.53 Å². The van der Waals surface area contributed by atoms with Crippen molar-refractivity contribution in [1.82, 2.24) is 5.32 Å². The van der Waals surface area contributed by atoms with Crippen molar-refractivity contribution in [3.05, 3.63) is 29.3 Å². The Kier molecular flexibility index (Phi) is 11.4. The van der Waals surface area contributed by atoms with E-state index in [2.05, 4.69) is 5.32 Å². The van der Waals surface area contributed by atoms with Gasteiger partial charge in [0.1, 0.15) is 12.4 Å². The minimum atomic E-state index is -0.474. The molecule has 0 saturated carbocycles. The van der Waals surface area contributed by atoms with Crippen LogP contribution in [-0.2, 0) is 4.79 Å². The molecule has 6 heteroatoms. The van der Waals surface area contributed by atoms with E-state index >= 15 is 0 Å². The van der Waals surface area contributed by atoms with Crippen molar-refractivity contribution in [2.75, 3.05) is 6.61 Å². The van der Waals surface area contributed by atoms with Crippen LogP contribution in [0.25, 0.3) is 0 Å². The molecule has 2 atom stereocenters. The van der Waals surface area contributed by atoms with Gasteiger partial charge in [-0.3, -0.25) is 4.79 Å². The van der Waals surface area contributed by atoms with Crippen LogP contribution in [0, 0.1) is 19.8 Å². The smallest absolute Gasteiger partial charge is 0.237 e. The van der Waals surface area contributed by atoms with Crippen LogP contribution in [0.3, 0.4) is 0 Å². The minimum Gasteiger partial charge on any atom is -0.491 e. The zero-order valence-corrected chi connectivity index (χ0v) is 15.8. The maximum atomic E-state index is 11.8. The number of amides is 1. The van der Waals surface area contributed by atoms with Gasteiger partial charge in [-0.05, 0) is 37.8 Å². The average molecular weight is 349 g/mol. The van der Waals surface area contributed by atoms with Crippen molar-refractivity contribution in [3.8, 4) is 5.75 Å². The second-order valence-electron chi connectivity index (χ2n) is 5.71. The standard InChI is InChI=1S/C16H26N2O2.ClH.H2S/c1-10(2)14(17)16(19)18-13(5)9-20-15-11(3)7-6-8-12(15)4;;/h6-8,10,13-14H,9,17H2,1-5H3,(H,18,19);1H;1H2/t13?,14-;;/m0../s1. The minimum absolute atomic E-state index is 0. The van der Waals surface area contributed by atoms with E-state index in [0.717, 1.165) is 16.9 Å². The molecule has 0 spiro atoms. The third kappa shape index (κ3) is 6.90. The van der Waals surface area contributed by atoms with Crippen LogP contribution in [0.5, 0.6) is 5.75 Å². The molecule has 1 rings (SSSR count). The third-order valence-corrected chi connectivity index (χ3v) is 3.30. The fourth-order valence-corrected chi connectivity index (χ4v) is 1.92. The van der Waals surface area contributed by atoms with Gasteiger partial charge in [0.2, 0.25) is 5.91 Å². The zero-order chi connectivity index (χ0) is 15.3. The summed E-state index contributed by atoms with van der Waals surface area (Å²) in [4.78, 5) is 11.8. The molecule has 0 aliphatic carbocycles. The van der Waals surface area contributed by atoms with Crippen LogP contribution in [0.4, 0.5) is 0 Å². The highest BCUT2D eigenvalue weighted by Crippen LogP contribution is 2.22. The number of para-hydroxylation sites is 1. The lowest BCUT2D eigenvalue weighted by atomic mass is 10.0. The van der Waals surface area contributed by atoms with E-state index in [0.29, 0.717) is 6.61 Å². The Bertz CT molecular complexity index is 449. The van der Waals surface area contributed by atoms with Gasteiger partial charge in [-0.25, -0.2) is 0 Å². The predicted octanol–water partition coefficient (Wildman–Crippen LogP) is 2.70. The Labute approximate surface area is 147 Å². The zero-order valence-electron chi connectivity index (χ0n) is 14.0. The molecule has 1 unspecified atom stereocenters. The molecule has 22 heavy (non-hydrogen) atoms. The molecule has 1 aromatic rings. The summed E-state index contributed by atoms with van der Waals surface area (Å²) < 4.78 is 5.81. The fraction of sp³-hybridized carbons (Fsp3) is 0.562. The fourth-order valence-electron chi connectivity index (χ4n) is 1.92. The Morgan fingerprint density at radius 2 is 1.73 bits per heavy atom. The highest BCUT2D eigenvalue weighted by atomic mass is 35.5. The van der Waals surface area contributed by atoms with E-state index in [4.69, 9.17) is 10.5 Å². The van der Waals surface area contributed by atoms with Crippen LogP contribution in [0.15, 0.2) is 18.2 Å². The molecule has 1 aromatic carbocycles. The molecule has 0 aromatic heterocycles. The molecule has 0 heterocycles. The van der Waals surface area contributed by atoms with Crippen LogP contribution in [0.1, 0.15) is 31.9 Å². The van der Waals surface area contributed by atoms with Gasteiger partial charge in [0.15, 0.2) is 0 Å². The van der Waals surface area contributed by atoms with Crippen molar-refractivity contribution in [2.45, 2.75) is 46.7 Å². The first-order chi connectivity index (χ1) is 9.32. The molecule has 0 bridgehead atoms. The van der Waals surface area contributed by atoms with Crippen LogP contribution in [0.2, 0.25) is 0 Å². The number of aryl methyl sites for hydroxylation is 2. The molecular weight excluding hydrogens is 320 g/mol. The summed E-state index contributed by atoms with van der Waals surface area (Å²) in [6.45, 7) is 10.2. The van der Waals surface area contributed by atoms with Crippen molar-refractivity contribution >= 4 is 31.8 Å². The van der Waals surface area contributed by atoms with E-state index < -0.39 is 6.04 Å². The van der Waals surface area contributed by atoms with Gasteiger partial charge in [0.05, 0.1) is 12.1 Å². The maximum Gasteiger partial charge on any atom is 0.237 e. The van der Waals surface area contributed by atoms with Crippen LogP contribution < -0.4 is 15.8 Å². The van der Waals surface area contributed by atoms with Crippen molar-refractivity contribution in [3.63, 3.8) is 0 Å². The molecule has 0 aliphatic rings. The van der Waals surface area contributed by atoms with E-state index in [-0.39, 0.29) is 43.8 Å². The summed E-state index contributed by atoms with van der Waals surface area (Å²) >= 11 is 0. The molecule has 0 aliphatic heterocycles. The topological polar surface area (TPSA) is 64.3 Å². The van der Waals surface area contributed by atoms with Crippen molar-refractivity contribution in [1.29, 1.82) is 0 Å². The summed E-state index contributed by atoms with van der Waals surface area (Å²) in [5.74, 6) is 0.890. The molecule has 4 nitrogen and oxygen atoms in total. The molecule has 128 valence electrons. The summed E-state index contributed by atoms with van der Waals surface area (Å²) in [6, 6.07) is 5.48. The summed E-state index contributed by atoms with van der Waals surface area (Å²) in [5, 5.41) is 2.88. The van der Waals surface area contributed by atoms with Gasteiger partial charge < -0.3 is 15.8 Å². The highest BCUT2D eigenvalue weighted by molar-refractivity contribution is 7.59. The monoisotopic (exact) mass is 348 g/mol. The number of nitrogens with one attached hydrogen (secondary N) is 1. The summed E-state index contributed by atoms with van der Waals surface area (Å²) in [5.41, 5.74) is 8.01. The lowest BCUT2D eigenvalue weighted by molar-refractivity contribution is -0.124. The van der Waals surface area contributed by atoms with Gasteiger partial charge in [0, 0.05) is 0 Å². The van der Waals surface area contributed by atoms with Crippen LogP contribution >= 0.6 is 25.9 Å². The summed E-state index contributed by atoms with van der Waals surface area (Å²) in [6.07, 6.45) is 0. The second-order valence-corrected chi connectivity index (χ2v) is 5.71. The second kappa shape index (κ2) is 10.8. The quantitative estimate of drug-likeness (QED) is 0.830. The Morgan fingerprint density at radius 1 is 1.23 bits per heavy atom. The maximum absolute atomic E-state index is 11.8. The first-order valence-electron chi connectivity index (χ1n) is 7.08. The molecule has 0 radical (unpaired) electrons.